The Bertz CT molecular complexity index is 957. The number of ether oxygens (including phenoxy) is 2. The Hall–Kier alpha value is -2.92. The quantitative estimate of drug-likeness (QED) is 0.458. The summed E-state index contributed by atoms with van der Waals surface area (Å²) < 4.78 is 10.8. The van der Waals surface area contributed by atoms with E-state index in [0.717, 1.165) is 0 Å². The van der Waals surface area contributed by atoms with Gasteiger partial charge in [0.15, 0.2) is 11.2 Å². The van der Waals surface area contributed by atoms with Crippen molar-refractivity contribution in [1.82, 2.24) is 0 Å². The molecule has 0 bridgehead atoms. The summed E-state index contributed by atoms with van der Waals surface area (Å²) in [6.07, 6.45) is 0. The summed E-state index contributed by atoms with van der Waals surface area (Å²) in [6.45, 7) is 6.62. The number of halogens is 2. The third-order valence-electron chi connectivity index (χ3n) is 3.65. The number of rotatable bonds is 4. The van der Waals surface area contributed by atoms with E-state index < -0.39 is 23.1 Å². The molecule has 0 aromatic heterocycles. The average molecular weight is 443 g/mol. The fourth-order valence-electron chi connectivity index (χ4n) is 2.17. The summed E-state index contributed by atoms with van der Waals surface area (Å²) in [4.78, 5) is 24.4. The fourth-order valence-corrected chi connectivity index (χ4v) is 2.42. The van der Waals surface area contributed by atoms with Crippen LogP contribution in [0.25, 0.3) is 0 Å². The zero-order valence-electron chi connectivity index (χ0n) is 17.0. The second-order valence-corrected chi connectivity index (χ2v) is 8.19. The number of carbonyl (C=O) groups excluding carboxylic acids is 2. The highest BCUT2D eigenvalue weighted by Gasteiger charge is 2.22. The Morgan fingerprint density at radius 1 is 0.667 bits per heavy atom. The van der Waals surface area contributed by atoms with E-state index in [1.807, 2.05) is 0 Å². The molecule has 2 aromatic rings. The summed E-state index contributed by atoms with van der Waals surface area (Å²) in [5.74, 6) is 9.84. The molecule has 0 heterocycles. The van der Waals surface area contributed by atoms with Crippen molar-refractivity contribution in [2.75, 3.05) is 0 Å². The Morgan fingerprint density at radius 2 is 0.967 bits per heavy atom. The molecule has 2 rings (SSSR count). The topological polar surface area (TPSA) is 52.6 Å². The molecular formula is C24H20Cl2O4. The van der Waals surface area contributed by atoms with E-state index in [9.17, 15) is 9.59 Å². The lowest BCUT2D eigenvalue weighted by Crippen LogP contribution is -2.26. The lowest BCUT2D eigenvalue weighted by Gasteiger charge is -2.19. The first-order chi connectivity index (χ1) is 14.0. The molecule has 0 fully saturated rings. The van der Waals surface area contributed by atoms with E-state index in [2.05, 4.69) is 23.7 Å². The highest BCUT2D eigenvalue weighted by atomic mass is 35.5. The van der Waals surface area contributed by atoms with Crippen LogP contribution in [0.5, 0.6) is 0 Å². The van der Waals surface area contributed by atoms with Crippen LogP contribution in [-0.2, 0) is 9.47 Å². The van der Waals surface area contributed by atoms with Crippen molar-refractivity contribution in [2.45, 2.75) is 38.9 Å². The molecule has 6 heteroatoms. The van der Waals surface area contributed by atoms with E-state index in [1.165, 1.54) is 0 Å². The van der Waals surface area contributed by atoms with E-state index in [-0.39, 0.29) is 0 Å². The van der Waals surface area contributed by atoms with Crippen LogP contribution in [0.4, 0.5) is 0 Å². The van der Waals surface area contributed by atoms with E-state index >= 15 is 0 Å². The maximum Gasteiger partial charge on any atom is 0.339 e. The molecule has 0 atom stereocenters. The van der Waals surface area contributed by atoms with Crippen LogP contribution >= 0.6 is 23.2 Å². The van der Waals surface area contributed by atoms with E-state index in [4.69, 9.17) is 32.7 Å². The normalized spacial score (nSPS) is 10.7. The lowest BCUT2D eigenvalue weighted by molar-refractivity contribution is 0.0191. The molecular weight excluding hydrogens is 423 g/mol. The number of carbonyl (C=O) groups is 2. The Labute approximate surface area is 186 Å². The van der Waals surface area contributed by atoms with Crippen LogP contribution < -0.4 is 0 Å². The molecule has 0 aliphatic carbocycles. The second-order valence-electron chi connectivity index (χ2n) is 7.31. The van der Waals surface area contributed by atoms with Crippen molar-refractivity contribution in [3.8, 4) is 23.7 Å². The van der Waals surface area contributed by atoms with Gasteiger partial charge in [0.05, 0.1) is 11.1 Å². The molecule has 0 saturated heterocycles. The SMILES string of the molecule is CC(C)(C#CC#CC(C)(C)OC(=O)c1ccc(Cl)cc1)OC(=O)c1ccc(Cl)cc1. The van der Waals surface area contributed by atoms with Gasteiger partial charge in [-0.3, -0.25) is 0 Å². The van der Waals surface area contributed by atoms with Gasteiger partial charge in [0.25, 0.3) is 0 Å². The molecule has 0 saturated carbocycles. The largest absolute Gasteiger partial charge is 0.443 e. The molecule has 0 aliphatic rings. The van der Waals surface area contributed by atoms with Crippen LogP contribution in [0.1, 0.15) is 48.4 Å². The van der Waals surface area contributed by atoms with Crippen molar-refractivity contribution in [2.24, 2.45) is 0 Å². The standard InChI is InChI=1S/C24H20Cl2O4/c1-23(2,29-21(27)17-7-11-19(25)12-8-17)15-5-6-16-24(3,4)30-22(28)18-9-13-20(26)14-10-18/h7-14H,1-4H3. The molecule has 0 unspecified atom stereocenters. The highest BCUT2D eigenvalue weighted by molar-refractivity contribution is 6.31. The number of hydrogen-bond donors (Lipinski definition) is 0. The molecule has 4 nitrogen and oxygen atoms in total. The minimum atomic E-state index is -1.06. The first kappa shape index (κ1) is 23.4. The van der Waals surface area contributed by atoms with Crippen molar-refractivity contribution in [3.05, 3.63) is 69.7 Å². The first-order valence-electron chi connectivity index (χ1n) is 9.00. The Morgan fingerprint density at radius 3 is 1.27 bits per heavy atom. The molecule has 30 heavy (non-hydrogen) atoms. The summed E-state index contributed by atoms with van der Waals surface area (Å²) in [7, 11) is 0. The van der Waals surface area contributed by atoms with Crippen molar-refractivity contribution in [3.63, 3.8) is 0 Å². The van der Waals surface area contributed by atoms with Crippen LogP contribution in [0, 0.1) is 23.7 Å². The van der Waals surface area contributed by atoms with Gasteiger partial charge in [0.1, 0.15) is 0 Å². The number of benzene rings is 2. The van der Waals surface area contributed by atoms with Crippen molar-refractivity contribution >= 4 is 35.1 Å². The summed E-state index contributed by atoms with van der Waals surface area (Å²) >= 11 is 11.6. The van der Waals surface area contributed by atoms with Gasteiger partial charge in [-0.25, -0.2) is 9.59 Å². The smallest absolute Gasteiger partial charge is 0.339 e. The minimum absolute atomic E-state index is 0.371. The lowest BCUT2D eigenvalue weighted by atomic mass is 10.1. The van der Waals surface area contributed by atoms with Gasteiger partial charge in [-0.15, -0.1) is 0 Å². The molecule has 154 valence electrons. The third-order valence-corrected chi connectivity index (χ3v) is 4.15. The zero-order chi connectivity index (χ0) is 22.4. The fraction of sp³-hybridized carbons (Fsp3) is 0.250. The van der Waals surface area contributed by atoms with Crippen molar-refractivity contribution < 1.29 is 19.1 Å². The maximum absolute atomic E-state index is 12.2. The molecule has 0 spiro atoms. The number of esters is 2. The van der Waals surface area contributed by atoms with Gasteiger partial charge in [-0.05, 0) is 99.9 Å². The van der Waals surface area contributed by atoms with Gasteiger partial charge >= 0.3 is 11.9 Å². The third kappa shape index (κ3) is 7.48. The molecule has 0 radical (unpaired) electrons. The monoisotopic (exact) mass is 442 g/mol. The van der Waals surface area contributed by atoms with Crippen LogP contribution in [0.3, 0.4) is 0 Å². The summed E-state index contributed by atoms with van der Waals surface area (Å²) in [5.41, 5.74) is -1.38. The molecule has 0 N–H and O–H groups in total. The molecule has 0 amide bonds. The first-order valence-corrected chi connectivity index (χ1v) is 9.75. The van der Waals surface area contributed by atoms with Crippen molar-refractivity contribution in [1.29, 1.82) is 0 Å². The Kier molecular flexibility index (Phi) is 7.57. The summed E-state index contributed by atoms with van der Waals surface area (Å²) in [6, 6.07) is 12.7. The molecule has 2 aromatic carbocycles. The zero-order valence-corrected chi connectivity index (χ0v) is 18.5. The predicted octanol–water partition coefficient (Wildman–Crippen LogP) is 5.57. The second kappa shape index (κ2) is 9.72. The van der Waals surface area contributed by atoms with Gasteiger partial charge in [0, 0.05) is 10.0 Å². The average Bonchev–Trinajstić information content (AvgIpc) is 2.65. The highest BCUT2D eigenvalue weighted by Crippen LogP contribution is 2.16. The summed E-state index contributed by atoms with van der Waals surface area (Å²) in [5, 5.41) is 1.06. The number of hydrogen-bond acceptors (Lipinski definition) is 4. The van der Waals surface area contributed by atoms with Crippen LogP contribution in [-0.4, -0.2) is 23.1 Å². The predicted molar refractivity (Wildman–Crippen MR) is 117 cm³/mol. The van der Waals surface area contributed by atoms with Gasteiger partial charge in [-0.1, -0.05) is 23.2 Å². The van der Waals surface area contributed by atoms with Gasteiger partial charge < -0.3 is 9.47 Å². The molecule has 0 aliphatic heterocycles. The Balaban J connectivity index is 2.00. The van der Waals surface area contributed by atoms with Gasteiger partial charge in [-0.2, -0.15) is 0 Å². The van der Waals surface area contributed by atoms with Gasteiger partial charge in [0.2, 0.25) is 0 Å². The minimum Gasteiger partial charge on any atom is -0.443 e. The van der Waals surface area contributed by atoms with Crippen LogP contribution in [0.15, 0.2) is 48.5 Å². The maximum atomic E-state index is 12.2. The van der Waals surface area contributed by atoms with Crippen LogP contribution in [0.2, 0.25) is 10.0 Å². The van der Waals surface area contributed by atoms with E-state index in [0.29, 0.717) is 21.2 Å². The van der Waals surface area contributed by atoms with E-state index in [1.54, 1.807) is 76.2 Å².